The lowest BCUT2D eigenvalue weighted by Gasteiger charge is -2.32. The fraction of sp³-hybridized carbons (Fsp3) is 0.522. The zero-order valence-electron chi connectivity index (χ0n) is 19.3. The molecule has 10 heteroatoms. The fourth-order valence-corrected chi connectivity index (χ4v) is 4.07. The molecule has 1 fully saturated rings. The Labute approximate surface area is 191 Å². The van der Waals surface area contributed by atoms with Crippen LogP contribution in [-0.2, 0) is 32.2 Å². The number of fused-ring (bicyclic) bond motifs is 1. The number of para-hydroxylation sites is 1. The highest BCUT2D eigenvalue weighted by Crippen LogP contribution is 2.19. The maximum Gasteiger partial charge on any atom is 0.331 e. The van der Waals surface area contributed by atoms with Gasteiger partial charge in [0.05, 0.1) is 30.0 Å². The first kappa shape index (κ1) is 24.2. The molecule has 33 heavy (non-hydrogen) atoms. The zero-order valence-corrected chi connectivity index (χ0v) is 19.3. The van der Waals surface area contributed by atoms with Crippen molar-refractivity contribution in [2.75, 3.05) is 33.3 Å². The number of esters is 1. The van der Waals surface area contributed by atoms with E-state index < -0.39 is 17.2 Å². The molecule has 178 valence electrons. The lowest BCUT2D eigenvalue weighted by Crippen LogP contribution is -2.47. The monoisotopic (exact) mass is 458 g/mol. The Kier molecular flexibility index (Phi) is 7.67. The van der Waals surface area contributed by atoms with Gasteiger partial charge in [0.25, 0.3) is 5.56 Å². The number of benzene rings is 1. The standard InChI is InChI=1S/C23H30N4O6/c1-4-26-21(30)17-8-6-7-9-18(17)27(23(26)32)15-19(28)24(3)14-20(29)25-12-10-16(11-13-25)22(31)33-5-2/h6-9,16H,4-5,10-15H2,1-3H3. The van der Waals surface area contributed by atoms with Crippen molar-refractivity contribution in [3.05, 3.63) is 45.1 Å². The van der Waals surface area contributed by atoms with Crippen LogP contribution in [0.1, 0.15) is 26.7 Å². The van der Waals surface area contributed by atoms with Gasteiger partial charge in [0, 0.05) is 26.7 Å². The van der Waals surface area contributed by atoms with Crippen molar-refractivity contribution in [1.82, 2.24) is 18.9 Å². The van der Waals surface area contributed by atoms with E-state index in [2.05, 4.69) is 0 Å². The minimum absolute atomic E-state index is 0.136. The van der Waals surface area contributed by atoms with E-state index in [-0.39, 0.29) is 37.4 Å². The SMILES string of the molecule is CCOC(=O)C1CCN(C(=O)CN(C)C(=O)Cn2c(=O)n(CC)c(=O)c3ccccc32)CC1. The van der Waals surface area contributed by atoms with E-state index in [0.717, 1.165) is 4.57 Å². The second-order valence-electron chi connectivity index (χ2n) is 8.09. The molecular formula is C23H30N4O6. The van der Waals surface area contributed by atoms with E-state index in [4.69, 9.17) is 4.74 Å². The molecular weight excluding hydrogens is 428 g/mol. The molecule has 3 rings (SSSR count). The lowest BCUT2D eigenvalue weighted by molar-refractivity contribution is -0.151. The van der Waals surface area contributed by atoms with Crippen LogP contribution in [0, 0.1) is 5.92 Å². The number of rotatable bonds is 7. The van der Waals surface area contributed by atoms with Crippen LogP contribution < -0.4 is 11.2 Å². The van der Waals surface area contributed by atoms with Crippen molar-refractivity contribution in [3.8, 4) is 0 Å². The number of likely N-dealkylation sites (N-methyl/N-ethyl adjacent to an activating group) is 1. The molecule has 1 aromatic heterocycles. The Balaban J connectivity index is 1.68. The van der Waals surface area contributed by atoms with Crippen LogP contribution >= 0.6 is 0 Å². The molecule has 1 aromatic carbocycles. The number of piperidine rings is 1. The third-order valence-corrected chi connectivity index (χ3v) is 6.01. The highest BCUT2D eigenvalue weighted by molar-refractivity contribution is 5.86. The molecule has 0 saturated carbocycles. The number of hydrogen-bond acceptors (Lipinski definition) is 6. The highest BCUT2D eigenvalue weighted by atomic mass is 16.5. The summed E-state index contributed by atoms with van der Waals surface area (Å²) in [5.41, 5.74) is -0.571. The van der Waals surface area contributed by atoms with Gasteiger partial charge in [-0.15, -0.1) is 0 Å². The van der Waals surface area contributed by atoms with Gasteiger partial charge in [-0.3, -0.25) is 28.3 Å². The fourth-order valence-electron chi connectivity index (χ4n) is 4.07. The molecule has 2 aromatic rings. The molecule has 0 radical (unpaired) electrons. The number of aromatic nitrogens is 2. The van der Waals surface area contributed by atoms with Crippen molar-refractivity contribution in [2.45, 2.75) is 39.8 Å². The summed E-state index contributed by atoms with van der Waals surface area (Å²) < 4.78 is 7.41. The number of hydrogen-bond donors (Lipinski definition) is 0. The van der Waals surface area contributed by atoms with Crippen LogP contribution in [0.15, 0.2) is 33.9 Å². The smallest absolute Gasteiger partial charge is 0.331 e. The third-order valence-electron chi connectivity index (χ3n) is 6.01. The number of nitrogens with zero attached hydrogens (tertiary/aromatic N) is 4. The topological polar surface area (TPSA) is 111 Å². The predicted octanol–water partition coefficient (Wildman–Crippen LogP) is 0.443. The maximum absolute atomic E-state index is 12.9. The number of likely N-dealkylation sites (tertiary alicyclic amines) is 1. The summed E-state index contributed by atoms with van der Waals surface area (Å²) in [7, 11) is 1.51. The summed E-state index contributed by atoms with van der Waals surface area (Å²) in [6.45, 7) is 4.41. The van der Waals surface area contributed by atoms with Gasteiger partial charge in [-0.25, -0.2) is 4.79 Å². The number of ether oxygens (including phenoxy) is 1. The molecule has 2 amide bonds. The first-order chi connectivity index (χ1) is 15.8. The van der Waals surface area contributed by atoms with Gasteiger partial charge in [0.1, 0.15) is 6.54 Å². The Bertz CT molecular complexity index is 1160. The Morgan fingerprint density at radius 3 is 2.36 bits per heavy atom. The van der Waals surface area contributed by atoms with Crippen LogP contribution in [0.4, 0.5) is 0 Å². The molecule has 0 spiro atoms. The van der Waals surface area contributed by atoms with Crippen molar-refractivity contribution < 1.29 is 19.1 Å². The largest absolute Gasteiger partial charge is 0.466 e. The number of carbonyl (C=O) groups is 3. The quantitative estimate of drug-likeness (QED) is 0.557. The molecule has 1 saturated heterocycles. The summed E-state index contributed by atoms with van der Waals surface area (Å²) in [6, 6.07) is 6.66. The average Bonchev–Trinajstić information content (AvgIpc) is 2.82. The van der Waals surface area contributed by atoms with Crippen LogP contribution in [0.25, 0.3) is 10.9 Å². The molecule has 0 aliphatic carbocycles. The van der Waals surface area contributed by atoms with Crippen LogP contribution in [0.2, 0.25) is 0 Å². The average molecular weight is 459 g/mol. The molecule has 1 aliphatic rings. The predicted molar refractivity (Wildman–Crippen MR) is 122 cm³/mol. The van der Waals surface area contributed by atoms with Crippen LogP contribution in [-0.4, -0.2) is 70.0 Å². The van der Waals surface area contributed by atoms with Gasteiger partial charge in [-0.1, -0.05) is 12.1 Å². The van der Waals surface area contributed by atoms with Gasteiger partial charge in [-0.2, -0.15) is 0 Å². The molecule has 0 bridgehead atoms. The van der Waals surface area contributed by atoms with Crippen LogP contribution in [0.5, 0.6) is 0 Å². The zero-order chi connectivity index (χ0) is 24.1. The summed E-state index contributed by atoms with van der Waals surface area (Å²) >= 11 is 0. The van der Waals surface area contributed by atoms with E-state index in [9.17, 15) is 24.0 Å². The van der Waals surface area contributed by atoms with E-state index in [1.807, 2.05) is 0 Å². The third kappa shape index (κ3) is 5.15. The summed E-state index contributed by atoms with van der Waals surface area (Å²) in [5, 5.41) is 0.356. The normalized spacial score (nSPS) is 14.3. The van der Waals surface area contributed by atoms with Crippen molar-refractivity contribution in [2.24, 2.45) is 5.92 Å². The van der Waals surface area contributed by atoms with Crippen molar-refractivity contribution >= 4 is 28.7 Å². The molecule has 0 unspecified atom stereocenters. The Hall–Kier alpha value is -3.43. The minimum Gasteiger partial charge on any atom is -0.466 e. The summed E-state index contributed by atoms with van der Waals surface area (Å²) in [6.07, 6.45) is 1.06. The number of amides is 2. The van der Waals surface area contributed by atoms with E-state index in [0.29, 0.717) is 43.4 Å². The minimum atomic E-state index is -0.560. The second kappa shape index (κ2) is 10.5. The van der Waals surface area contributed by atoms with Gasteiger partial charge >= 0.3 is 11.7 Å². The molecule has 1 aliphatic heterocycles. The van der Waals surface area contributed by atoms with E-state index in [1.54, 1.807) is 43.0 Å². The second-order valence-corrected chi connectivity index (χ2v) is 8.09. The van der Waals surface area contributed by atoms with Gasteiger partial charge in [-0.05, 0) is 38.8 Å². The Morgan fingerprint density at radius 2 is 1.73 bits per heavy atom. The Morgan fingerprint density at radius 1 is 1.06 bits per heavy atom. The first-order valence-electron chi connectivity index (χ1n) is 11.2. The van der Waals surface area contributed by atoms with Crippen molar-refractivity contribution in [3.63, 3.8) is 0 Å². The van der Waals surface area contributed by atoms with Crippen molar-refractivity contribution in [1.29, 1.82) is 0 Å². The van der Waals surface area contributed by atoms with E-state index in [1.165, 1.54) is 16.5 Å². The maximum atomic E-state index is 12.9. The molecule has 0 N–H and O–H groups in total. The lowest BCUT2D eigenvalue weighted by atomic mass is 9.97. The molecule has 0 atom stereocenters. The first-order valence-corrected chi connectivity index (χ1v) is 11.2. The highest BCUT2D eigenvalue weighted by Gasteiger charge is 2.29. The summed E-state index contributed by atoms with van der Waals surface area (Å²) in [4.78, 5) is 65.7. The van der Waals surface area contributed by atoms with Gasteiger partial charge < -0.3 is 14.5 Å². The van der Waals surface area contributed by atoms with Crippen LogP contribution in [0.3, 0.4) is 0 Å². The molecule has 10 nitrogen and oxygen atoms in total. The van der Waals surface area contributed by atoms with E-state index >= 15 is 0 Å². The molecule has 2 heterocycles. The number of carbonyl (C=O) groups excluding carboxylic acids is 3. The van der Waals surface area contributed by atoms with Gasteiger partial charge in [0.15, 0.2) is 0 Å². The summed E-state index contributed by atoms with van der Waals surface area (Å²) in [5.74, 6) is -1.08. The van der Waals surface area contributed by atoms with Gasteiger partial charge in [0.2, 0.25) is 11.8 Å².